The van der Waals surface area contributed by atoms with Crippen molar-refractivity contribution in [2.24, 2.45) is 63.3 Å². The van der Waals surface area contributed by atoms with Gasteiger partial charge in [0, 0.05) is 63.5 Å². The van der Waals surface area contributed by atoms with E-state index in [1.54, 1.807) is 34.6 Å². The molecule has 1 fully saturated rings. The van der Waals surface area contributed by atoms with E-state index >= 15 is 0 Å². The zero-order chi connectivity index (χ0) is 80.6. The number of aliphatic carboxylic acids is 1. The molecule has 602 valence electrons. The molecular weight excluding hydrogens is 1390 g/mol. The lowest BCUT2D eigenvalue weighted by molar-refractivity contribution is -0.139. The van der Waals surface area contributed by atoms with E-state index in [2.05, 4.69) is 78.8 Å². The number of aliphatic imine (C=N–C) groups is 1. The van der Waals surface area contributed by atoms with Gasteiger partial charge in [-0.25, -0.2) is 4.98 Å². The summed E-state index contributed by atoms with van der Waals surface area (Å²) < 4.78 is 0. The minimum Gasteiger partial charge on any atom is -0.481 e. The van der Waals surface area contributed by atoms with Gasteiger partial charge in [0.2, 0.25) is 82.7 Å². The summed E-state index contributed by atoms with van der Waals surface area (Å²) in [4.78, 5) is 228. The molecule has 2 rings (SSSR count). The summed E-state index contributed by atoms with van der Waals surface area (Å²) in [6.45, 7) is 17.0. The number of nitrogens with zero attached hydrogens (tertiary/aromatic N) is 2. The third kappa shape index (κ3) is 35.9. The van der Waals surface area contributed by atoms with Gasteiger partial charge in [-0.3, -0.25) is 81.7 Å². The van der Waals surface area contributed by atoms with Crippen molar-refractivity contribution < 1.29 is 81.8 Å². The molecule has 1 aliphatic heterocycles. The summed E-state index contributed by atoms with van der Waals surface area (Å²) in [7, 11) is 0. The number of rotatable bonds is 44. The second kappa shape index (κ2) is 49.1. The number of guanidine groups is 1. The first-order valence-electron chi connectivity index (χ1n) is 37.1. The van der Waals surface area contributed by atoms with E-state index in [-0.39, 0.29) is 139 Å². The minimum absolute atomic E-state index is 0.00471. The fourth-order valence-electron chi connectivity index (χ4n) is 11.7. The van der Waals surface area contributed by atoms with Crippen LogP contribution in [0.5, 0.6) is 0 Å². The molecule has 37 nitrogen and oxygen atoms in total. The van der Waals surface area contributed by atoms with Gasteiger partial charge in [0.05, 0.1) is 18.8 Å². The molecule has 0 aliphatic carbocycles. The Morgan fingerprint density at radius 3 is 1.77 bits per heavy atom. The number of aromatic nitrogens is 2. The van der Waals surface area contributed by atoms with Crippen LogP contribution in [0.15, 0.2) is 17.5 Å². The number of nitrogens with two attached hydrogens (primary N) is 5. The van der Waals surface area contributed by atoms with Crippen molar-refractivity contribution in [1.29, 1.82) is 0 Å². The van der Waals surface area contributed by atoms with Crippen molar-refractivity contribution in [2.45, 2.75) is 271 Å². The van der Waals surface area contributed by atoms with Crippen molar-refractivity contribution >= 4 is 100 Å². The Bertz CT molecular complexity index is 3170. The summed E-state index contributed by atoms with van der Waals surface area (Å²) in [5, 5.41) is 41.1. The highest BCUT2D eigenvalue weighted by Crippen LogP contribution is 2.22. The number of ketones is 1. The van der Waals surface area contributed by atoms with Crippen LogP contribution in [0.2, 0.25) is 0 Å². The molecule has 107 heavy (non-hydrogen) atoms. The summed E-state index contributed by atoms with van der Waals surface area (Å²) in [5.74, 6) is -15.2. The number of imidazole rings is 1. The van der Waals surface area contributed by atoms with Crippen LogP contribution < -0.4 is 92.5 Å². The third-order valence-electron chi connectivity index (χ3n) is 18.4. The third-order valence-corrected chi connectivity index (χ3v) is 18.4. The van der Waals surface area contributed by atoms with Crippen LogP contribution in [0.25, 0.3) is 0 Å². The highest BCUT2D eigenvalue weighted by Gasteiger charge is 2.38. The number of carbonyl (C=O) groups is 16. The SMILES string of the molecule is CC[C@H](C)[C@H](NC(=O)[C@@H](NC(=O)[C@H](CCC(=O)O)NC(=O)C(CCCCC(=O)[C@H](CC(C)C)NC(=O)[C@H](CCCCN)NC(=O)[C@H](CCCN=C(N)N)NC(=O)[C@H](CC(N)=O)NC(=O)[C@@H]1CCCCNC(=O)CC[C@@H](NC(C)=O)C(=O)N[C@H](C)C(=O)N[C@@H](Cc2cnc[nH]2)C(=O)N1)C(C)C)[C@@H](C)CC)C(N)=O. The molecule has 1 aromatic heterocycles. The maximum atomic E-state index is 14.6. The number of amides is 14. The molecule has 2 heterocycles. The Hall–Kier alpha value is -9.84. The second-order valence-electron chi connectivity index (χ2n) is 28.3. The number of hydrogen-bond acceptors (Lipinski definition) is 19. The number of H-pyrrole nitrogens is 1. The smallest absolute Gasteiger partial charge is 0.303 e. The van der Waals surface area contributed by atoms with Gasteiger partial charge in [0.15, 0.2) is 11.7 Å². The van der Waals surface area contributed by atoms with Gasteiger partial charge in [-0.15, -0.1) is 0 Å². The molecule has 0 aromatic carbocycles. The predicted molar refractivity (Wildman–Crippen MR) is 394 cm³/mol. The second-order valence-corrected chi connectivity index (χ2v) is 28.3. The monoisotopic (exact) mass is 1510 g/mol. The first-order chi connectivity index (χ1) is 50.4. The van der Waals surface area contributed by atoms with Gasteiger partial charge in [0.1, 0.15) is 60.4 Å². The number of primary amides is 2. The Balaban J connectivity index is 2.46. The van der Waals surface area contributed by atoms with Gasteiger partial charge in [0.25, 0.3) is 0 Å². The van der Waals surface area contributed by atoms with Crippen molar-refractivity contribution in [3.8, 4) is 0 Å². The standard InChI is InChI=1S/C70H120N20O17/c1-11-39(7)57(59(73)97)89-69(107)58(40(8)12-2)90-66(104)49(26-28-56(95)96)82-61(99)44(38(5)6)20-13-14-24-53(92)50(32-37(3)4)86-64(102)45(21-15-17-29-71)83-63(101)47(23-19-31-78-70(74)75)85-68(106)52(34-54(72)93)88-65(103)46-22-16-18-30-77-55(94)27-25-48(81-42(10)91)62(100)80-41(9)60(98)87-51(67(105)84-46)33-43-35-76-36-79-43/h35-41,44-52,57-58H,11-34,71H2,1-10H3,(H2,72,93)(H2,73,97)(H,76,79)(H,77,94)(H,80,100)(H,81,91)(H,82,99)(H,83,101)(H,84,105)(H,85,106)(H,86,102)(H,87,98)(H,88,103)(H,89,107)(H,90,104)(H,95,96)(H4,74,75,78)/t39-,40-,41+,44?,45-,46-,47-,48+,49-,50-,51-,52-,57-,58-/m0/s1. The normalized spacial score (nSPS) is 18.9. The fraction of sp³-hybridized carbons (Fsp3) is 0.714. The molecule has 14 amide bonds. The van der Waals surface area contributed by atoms with E-state index in [1.807, 2.05) is 20.8 Å². The highest BCUT2D eigenvalue weighted by molar-refractivity contribution is 6.00. The fourth-order valence-corrected chi connectivity index (χ4v) is 11.7. The average molecular weight is 1510 g/mol. The van der Waals surface area contributed by atoms with Gasteiger partial charge < -0.3 is 103 Å². The van der Waals surface area contributed by atoms with E-state index in [4.69, 9.17) is 28.7 Å². The van der Waals surface area contributed by atoms with E-state index in [1.165, 1.54) is 26.4 Å². The van der Waals surface area contributed by atoms with Crippen LogP contribution in [0.3, 0.4) is 0 Å². The zero-order valence-corrected chi connectivity index (χ0v) is 63.6. The largest absolute Gasteiger partial charge is 0.481 e. The molecule has 0 radical (unpaired) electrons. The van der Waals surface area contributed by atoms with Crippen LogP contribution in [0, 0.1) is 29.6 Å². The number of hydrogen-bond donors (Lipinski definition) is 19. The van der Waals surface area contributed by atoms with Gasteiger partial charge in [-0.2, -0.15) is 0 Å². The molecule has 24 N–H and O–H groups in total. The molecule has 0 spiro atoms. The van der Waals surface area contributed by atoms with Crippen LogP contribution in [-0.2, 0) is 83.1 Å². The summed E-state index contributed by atoms with van der Waals surface area (Å²) in [6, 6.07) is -14.8. The lowest BCUT2D eigenvalue weighted by Crippen LogP contribution is -2.60. The number of unbranched alkanes of at least 4 members (excludes halogenated alkanes) is 2. The number of aromatic amines is 1. The Morgan fingerprint density at radius 1 is 0.626 bits per heavy atom. The van der Waals surface area contributed by atoms with E-state index in [9.17, 15) is 81.8 Å². The van der Waals surface area contributed by atoms with E-state index in [0.717, 1.165) is 0 Å². The Labute approximate surface area is 625 Å². The van der Waals surface area contributed by atoms with Gasteiger partial charge in [-0.05, 0) is 121 Å². The predicted octanol–water partition coefficient (Wildman–Crippen LogP) is -2.65. The van der Waals surface area contributed by atoms with Crippen molar-refractivity contribution in [3.05, 3.63) is 18.2 Å². The topological polar surface area (TPSA) is 609 Å². The van der Waals surface area contributed by atoms with Crippen LogP contribution >= 0.6 is 0 Å². The molecule has 14 atom stereocenters. The average Bonchev–Trinajstić information content (AvgIpc) is 1.39. The number of carboxylic acids is 1. The Kier molecular flexibility index (Phi) is 42.8. The molecule has 37 heteroatoms. The van der Waals surface area contributed by atoms with Crippen molar-refractivity contribution in [2.75, 3.05) is 19.6 Å². The number of nitrogens with one attached hydrogen (secondary N) is 13. The quantitative estimate of drug-likeness (QED) is 0.0180. The lowest BCUT2D eigenvalue weighted by atomic mass is 9.88. The van der Waals surface area contributed by atoms with Crippen molar-refractivity contribution in [3.63, 3.8) is 0 Å². The van der Waals surface area contributed by atoms with Crippen LogP contribution in [0.1, 0.15) is 203 Å². The summed E-state index contributed by atoms with van der Waals surface area (Å²) in [5.41, 5.74) is 28.7. The molecular formula is C70H120N20O17. The molecule has 0 saturated carbocycles. The maximum Gasteiger partial charge on any atom is 0.303 e. The Morgan fingerprint density at radius 2 is 1.21 bits per heavy atom. The highest BCUT2D eigenvalue weighted by atomic mass is 16.4. The van der Waals surface area contributed by atoms with E-state index < -0.39 is 180 Å². The van der Waals surface area contributed by atoms with Crippen LogP contribution in [0.4, 0.5) is 0 Å². The van der Waals surface area contributed by atoms with Gasteiger partial charge in [-0.1, -0.05) is 74.7 Å². The molecule has 1 unspecified atom stereocenters. The first-order valence-corrected chi connectivity index (χ1v) is 37.1. The zero-order valence-electron chi connectivity index (χ0n) is 63.6. The number of carbonyl (C=O) groups excluding carboxylic acids is 15. The first kappa shape index (κ1) is 93.2. The van der Waals surface area contributed by atoms with Gasteiger partial charge >= 0.3 is 5.97 Å². The van der Waals surface area contributed by atoms with Crippen molar-refractivity contribution in [1.82, 2.24) is 73.8 Å². The maximum absolute atomic E-state index is 14.6. The molecule has 1 saturated heterocycles. The molecule has 0 bridgehead atoms. The lowest BCUT2D eigenvalue weighted by Gasteiger charge is -2.30. The number of Topliss-reactive ketones (excluding diaryl/α,β-unsaturated/α-hetero) is 1. The van der Waals surface area contributed by atoms with Crippen LogP contribution in [-0.4, -0.2) is 202 Å². The molecule has 1 aliphatic rings. The molecule has 1 aromatic rings. The summed E-state index contributed by atoms with van der Waals surface area (Å²) in [6.07, 6.45) is 3.02. The summed E-state index contributed by atoms with van der Waals surface area (Å²) >= 11 is 0. The minimum atomic E-state index is -1.82. The number of carboxylic acid groups (broad SMARTS) is 1. The van der Waals surface area contributed by atoms with E-state index in [0.29, 0.717) is 37.8 Å².